The van der Waals surface area contributed by atoms with E-state index in [9.17, 15) is 14.4 Å². The van der Waals surface area contributed by atoms with E-state index in [-0.39, 0.29) is 16.9 Å². The van der Waals surface area contributed by atoms with E-state index < -0.39 is 0 Å². The molecule has 1 aliphatic rings. The van der Waals surface area contributed by atoms with Crippen LogP contribution in [0.1, 0.15) is 28.9 Å². The zero-order valence-electron chi connectivity index (χ0n) is 11.6. The van der Waals surface area contributed by atoms with Gasteiger partial charge >= 0.3 is 0 Å². The number of ketones is 1. The van der Waals surface area contributed by atoms with Crippen LogP contribution in [0.15, 0.2) is 46.1 Å². The maximum Gasteiger partial charge on any atom is 0.250 e. The van der Waals surface area contributed by atoms with Crippen molar-refractivity contribution in [3.8, 4) is 0 Å². The van der Waals surface area contributed by atoms with Gasteiger partial charge in [-0.15, -0.1) is 0 Å². The maximum absolute atomic E-state index is 12.1. The first-order valence-electron chi connectivity index (χ1n) is 7.08. The Kier molecular flexibility index (Phi) is 3.56. The zero-order valence-corrected chi connectivity index (χ0v) is 11.6. The van der Waals surface area contributed by atoms with Gasteiger partial charge < -0.3 is 9.13 Å². The molecule has 0 amide bonds. The van der Waals surface area contributed by atoms with E-state index in [4.69, 9.17) is 0 Å². The van der Waals surface area contributed by atoms with Crippen molar-refractivity contribution in [3.63, 3.8) is 0 Å². The van der Waals surface area contributed by atoms with Gasteiger partial charge in [-0.2, -0.15) is 0 Å². The summed E-state index contributed by atoms with van der Waals surface area (Å²) in [6.07, 6.45) is 3.76. The minimum Gasteiger partial charge on any atom is -0.314 e. The van der Waals surface area contributed by atoms with Crippen LogP contribution in [0, 0.1) is 0 Å². The molecular weight excluding hydrogens is 268 g/mol. The first-order chi connectivity index (χ1) is 10.2. The third-order valence-electron chi connectivity index (χ3n) is 3.88. The fraction of sp³-hybridized carbons (Fsp3) is 0.312. The lowest BCUT2D eigenvalue weighted by atomic mass is 9.94. The van der Waals surface area contributed by atoms with Gasteiger partial charge in [0.1, 0.15) is 0 Å². The number of rotatable bonds is 3. The number of nitrogens with zero attached hydrogens (tertiary/aromatic N) is 2. The Morgan fingerprint density at radius 1 is 0.905 bits per heavy atom. The molecule has 0 fully saturated rings. The molecule has 2 aromatic rings. The van der Waals surface area contributed by atoms with Crippen LogP contribution in [-0.2, 0) is 19.5 Å². The summed E-state index contributed by atoms with van der Waals surface area (Å²) >= 11 is 0. The lowest BCUT2D eigenvalue weighted by Gasteiger charge is -2.20. The monoisotopic (exact) mass is 284 g/mol. The van der Waals surface area contributed by atoms with E-state index in [1.165, 1.54) is 12.1 Å². The molecule has 1 aliphatic carbocycles. The van der Waals surface area contributed by atoms with Gasteiger partial charge in [-0.25, -0.2) is 0 Å². The molecule has 0 N–H and O–H groups in total. The average molecular weight is 284 g/mol. The van der Waals surface area contributed by atoms with Gasteiger partial charge in [-0.05, 0) is 25.0 Å². The Labute approximate surface area is 121 Å². The van der Waals surface area contributed by atoms with E-state index in [1.807, 2.05) is 0 Å². The minimum atomic E-state index is -0.118. The molecule has 3 rings (SSSR count). The Morgan fingerprint density at radius 3 is 2.57 bits per heavy atom. The van der Waals surface area contributed by atoms with Crippen molar-refractivity contribution in [2.24, 2.45) is 0 Å². The summed E-state index contributed by atoms with van der Waals surface area (Å²) in [4.78, 5) is 35.7. The van der Waals surface area contributed by atoms with Crippen LogP contribution >= 0.6 is 0 Å². The van der Waals surface area contributed by atoms with Gasteiger partial charge in [-0.1, -0.05) is 6.07 Å². The van der Waals surface area contributed by atoms with E-state index in [0.29, 0.717) is 25.1 Å². The molecule has 2 aromatic heterocycles. The molecule has 0 spiro atoms. The van der Waals surface area contributed by atoms with Crippen molar-refractivity contribution in [3.05, 3.63) is 68.5 Å². The van der Waals surface area contributed by atoms with Gasteiger partial charge in [-0.3, -0.25) is 14.4 Å². The first-order valence-corrected chi connectivity index (χ1v) is 7.08. The summed E-state index contributed by atoms with van der Waals surface area (Å²) < 4.78 is 3.20. The topological polar surface area (TPSA) is 61.1 Å². The molecule has 0 saturated carbocycles. The molecule has 0 bridgehead atoms. The summed E-state index contributed by atoms with van der Waals surface area (Å²) in [5, 5.41) is 0. The highest BCUT2D eigenvalue weighted by molar-refractivity contribution is 5.97. The molecule has 5 heteroatoms. The minimum absolute atomic E-state index is 0.0913. The number of Topliss-reactive ketones (excluding diaryl/α,β-unsaturated/α-hetero) is 1. The largest absolute Gasteiger partial charge is 0.314 e. The Hall–Kier alpha value is -2.43. The van der Waals surface area contributed by atoms with Crippen molar-refractivity contribution < 1.29 is 4.79 Å². The highest BCUT2D eigenvalue weighted by atomic mass is 16.1. The van der Waals surface area contributed by atoms with Crippen molar-refractivity contribution in [1.29, 1.82) is 0 Å². The standard InChI is InChI=1S/C16H16N2O3/c19-14-5-3-4-13-12(14)7-8-16(21)18(13)11-10-17-9-2-1-6-15(17)20/h1-2,6-9H,3-5,10-11H2. The highest BCUT2D eigenvalue weighted by Gasteiger charge is 2.20. The van der Waals surface area contributed by atoms with Crippen LogP contribution in [0.5, 0.6) is 0 Å². The molecule has 2 heterocycles. The molecule has 108 valence electrons. The Balaban J connectivity index is 1.94. The summed E-state index contributed by atoms with van der Waals surface area (Å²) in [6.45, 7) is 0.823. The predicted octanol–water partition coefficient (Wildman–Crippen LogP) is 1.23. The van der Waals surface area contributed by atoms with Crippen LogP contribution in [0.3, 0.4) is 0 Å². The van der Waals surface area contributed by atoms with Crippen molar-refractivity contribution in [2.75, 3.05) is 0 Å². The fourth-order valence-corrected chi connectivity index (χ4v) is 2.79. The maximum atomic E-state index is 12.1. The third kappa shape index (κ3) is 2.59. The van der Waals surface area contributed by atoms with E-state index in [0.717, 1.165) is 18.5 Å². The fourth-order valence-electron chi connectivity index (χ4n) is 2.79. The third-order valence-corrected chi connectivity index (χ3v) is 3.88. The second-order valence-electron chi connectivity index (χ2n) is 5.19. The average Bonchev–Trinajstić information content (AvgIpc) is 2.48. The number of aryl methyl sites for hydroxylation is 1. The number of hydrogen-bond donors (Lipinski definition) is 0. The molecule has 0 aromatic carbocycles. The SMILES string of the molecule is O=C1CCCc2c1ccc(=O)n2CCn1ccccc1=O. The number of hydrogen-bond acceptors (Lipinski definition) is 3. The van der Waals surface area contributed by atoms with Crippen LogP contribution < -0.4 is 11.1 Å². The number of fused-ring (bicyclic) bond motifs is 1. The van der Waals surface area contributed by atoms with E-state index in [2.05, 4.69) is 0 Å². The molecule has 0 atom stereocenters. The summed E-state index contributed by atoms with van der Waals surface area (Å²) in [6, 6.07) is 8.04. The van der Waals surface area contributed by atoms with Gasteiger partial charge in [0.25, 0.3) is 11.1 Å². The summed E-state index contributed by atoms with van der Waals surface area (Å²) in [5.41, 5.74) is 1.25. The Morgan fingerprint density at radius 2 is 1.76 bits per heavy atom. The molecule has 0 saturated heterocycles. The predicted molar refractivity (Wildman–Crippen MR) is 78.7 cm³/mol. The van der Waals surface area contributed by atoms with Gasteiger partial charge in [0.05, 0.1) is 0 Å². The van der Waals surface area contributed by atoms with E-state index >= 15 is 0 Å². The van der Waals surface area contributed by atoms with Crippen LogP contribution in [-0.4, -0.2) is 14.9 Å². The van der Waals surface area contributed by atoms with Gasteiger partial charge in [0.15, 0.2) is 5.78 Å². The molecule has 5 nitrogen and oxygen atoms in total. The molecule has 0 aliphatic heterocycles. The smallest absolute Gasteiger partial charge is 0.250 e. The molecular formula is C16H16N2O3. The normalized spacial score (nSPS) is 14.0. The summed E-state index contributed by atoms with van der Waals surface area (Å²) in [7, 11) is 0. The van der Waals surface area contributed by atoms with Crippen LogP contribution in [0.2, 0.25) is 0 Å². The Bertz CT molecular complexity index is 802. The lowest BCUT2D eigenvalue weighted by molar-refractivity contribution is 0.0970. The zero-order chi connectivity index (χ0) is 14.8. The second-order valence-corrected chi connectivity index (χ2v) is 5.19. The molecule has 0 radical (unpaired) electrons. The lowest BCUT2D eigenvalue weighted by Crippen LogP contribution is -2.30. The van der Waals surface area contributed by atoms with Gasteiger partial charge in [0, 0.05) is 49.1 Å². The first kappa shape index (κ1) is 13.5. The van der Waals surface area contributed by atoms with E-state index in [1.54, 1.807) is 33.5 Å². The van der Waals surface area contributed by atoms with Crippen molar-refractivity contribution in [2.45, 2.75) is 32.4 Å². The van der Waals surface area contributed by atoms with Gasteiger partial charge in [0.2, 0.25) is 0 Å². The second kappa shape index (κ2) is 5.52. The molecule has 21 heavy (non-hydrogen) atoms. The highest BCUT2D eigenvalue weighted by Crippen LogP contribution is 2.19. The summed E-state index contributed by atoms with van der Waals surface area (Å²) in [5.74, 6) is 0.0990. The molecule has 0 unspecified atom stereocenters. The number of carbonyl (C=O) groups is 1. The van der Waals surface area contributed by atoms with Crippen LogP contribution in [0.4, 0.5) is 0 Å². The number of carbonyl (C=O) groups excluding carboxylic acids is 1. The van der Waals surface area contributed by atoms with Crippen molar-refractivity contribution >= 4 is 5.78 Å². The van der Waals surface area contributed by atoms with Crippen LogP contribution in [0.25, 0.3) is 0 Å². The number of pyridine rings is 2. The number of aromatic nitrogens is 2. The van der Waals surface area contributed by atoms with Crippen molar-refractivity contribution in [1.82, 2.24) is 9.13 Å². The quantitative estimate of drug-likeness (QED) is 0.851.